The van der Waals surface area contributed by atoms with Crippen molar-refractivity contribution in [1.29, 1.82) is 0 Å². The van der Waals surface area contributed by atoms with E-state index in [1.54, 1.807) is 24.0 Å². The number of aromatic nitrogens is 3. The van der Waals surface area contributed by atoms with Crippen LogP contribution >= 0.6 is 45.2 Å². The van der Waals surface area contributed by atoms with Gasteiger partial charge in [-0.2, -0.15) is 0 Å². The van der Waals surface area contributed by atoms with Crippen LogP contribution in [0.15, 0.2) is 48.7 Å². The van der Waals surface area contributed by atoms with Gasteiger partial charge in [-0.15, -0.1) is 5.10 Å². The van der Waals surface area contributed by atoms with Gasteiger partial charge < -0.3 is 18.9 Å². The van der Waals surface area contributed by atoms with E-state index in [4.69, 9.17) is 4.74 Å². The van der Waals surface area contributed by atoms with Crippen molar-refractivity contribution in [3.63, 3.8) is 0 Å². The molecule has 2 aliphatic rings. The van der Waals surface area contributed by atoms with Crippen LogP contribution in [0.25, 0.3) is 0 Å². The van der Waals surface area contributed by atoms with Crippen molar-refractivity contribution in [1.82, 2.24) is 15.0 Å². The van der Waals surface area contributed by atoms with E-state index in [2.05, 4.69) is 61.6 Å². The number of halogens is 3. The van der Waals surface area contributed by atoms with Gasteiger partial charge in [0.05, 0.1) is 24.0 Å². The molecule has 11 heteroatoms. The fraction of sp³-hybridized carbons (Fsp3) is 0.444. The molecule has 202 valence electrons. The average Bonchev–Trinajstić information content (AvgIpc) is 3.48. The van der Waals surface area contributed by atoms with E-state index in [-0.39, 0.29) is 24.0 Å². The summed E-state index contributed by atoms with van der Waals surface area (Å²) in [5.74, 6) is -0.442. The molecule has 0 unspecified atom stereocenters. The fourth-order valence-corrected chi connectivity index (χ4v) is 9.84. The summed E-state index contributed by atoms with van der Waals surface area (Å²) >= 11 is 4.54. The molecule has 1 aromatic heterocycles. The van der Waals surface area contributed by atoms with Crippen LogP contribution in [0.3, 0.4) is 0 Å². The Morgan fingerprint density at radius 1 is 1.18 bits per heavy atom. The number of carbonyl (C=O) groups excluding carboxylic acids is 1. The first-order valence-electron chi connectivity index (χ1n) is 12.8. The number of aliphatic hydroxyl groups is 1. The minimum atomic E-state index is -3.23. The summed E-state index contributed by atoms with van der Waals surface area (Å²) in [4.78, 5) is 16.2. The molecule has 0 saturated carbocycles. The quantitative estimate of drug-likeness (QED) is 0.188. The minimum absolute atomic E-state index is 0.00707. The molecule has 4 atom stereocenters. The Morgan fingerprint density at radius 2 is 1.95 bits per heavy atom. The van der Waals surface area contributed by atoms with E-state index in [1.165, 1.54) is 0 Å². The highest BCUT2D eigenvalue weighted by Gasteiger charge is 2.66. The van der Waals surface area contributed by atoms with Gasteiger partial charge in [0.15, 0.2) is 5.60 Å². The second-order valence-corrected chi connectivity index (χ2v) is 17.0. The van der Waals surface area contributed by atoms with Crippen LogP contribution in [-0.2, 0) is 34.6 Å². The Labute approximate surface area is 250 Å². The van der Waals surface area contributed by atoms with Gasteiger partial charge >= 0.3 is 0 Å². The number of ether oxygens (including phenoxy) is 1. The van der Waals surface area contributed by atoms with E-state index < -0.39 is 20.1 Å². The zero-order valence-corrected chi connectivity index (χ0v) is 26.9. The van der Waals surface area contributed by atoms with E-state index >= 15 is 4.11 Å². The lowest BCUT2D eigenvalue weighted by molar-refractivity contribution is -0.146. The SMILES string of the molecule is C[C@@H]1[C@@H]([Si](C)(C)F)[C@H](CCn2cc(CCO)nn2)O[C@@]12C(=O)N(Cc1cccc(I)c1)c1ccc(I)cc12. The van der Waals surface area contributed by atoms with Crippen molar-refractivity contribution >= 4 is 65.2 Å². The van der Waals surface area contributed by atoms with Crippen LogP contribution in [-0.4, -0.2) is 47.1 Å². The van der Waals surface area contributed by atoms with Crippen LogP contribution in [0.1, 0.15) is 30.2 Å². The van der Waals surface area contributed by atoms with Gasteiger partial charge in [0.2, 0.25) is 8.41 Å². The van der Waals surface area contributed by atoms with Crippen molar-refractivity contribution in [3.05, 3.63) is 72.6 Å². The van der Waals surface area contributed by atoms with Gasteiger partial charge in [0, 0.05) is 49.9 Å². The van der Waals surface area contributed by atoms with Gasteiger partial charge in [-0.05, 0) is 101 Å². The highest BCUT2D eigenvalue weighted by atomic mass is 127. The molecular formula is C27H31FI2N4O3Si. The average molecular weight is 760 g/mol. The minimum Gasteiger partial charge on any atom is -0.396 e. The molecule has 1 N–H and O–H groups in total. The molecule has 1 amide bonds. The number of hydrogen-bond donors (Lipinski definition) is 1. The molecule has 1 fully saturated rings. The number of hydrogen-bond acceptors (Lipinski definition) is 5. The summed E-state index contributed by atoms with van der Waals surface area (Å²) in [6, 6.07) is 14.2. The number of nitrogens with zero attached hydrogens (tertiary/aromatic N) is 4. The molecule has 2 aliphatic heterocycles. The maximum Gasteiger partial charge on any atom is 0.264 e. The van der Waals surface area contributed by atoms with Crippen LogP contribution in [0, 0.1) is 13.1 Å². The Morgan fingerprint density at radius 3 is 2.66 bits per heavy atom. The fourth-order valence-electron chi connectivity index (χ4n) is 6.20. The van der Waals surface area contributed by atoms with E-state index in [1.807, 2.05) is 48.2 Å². The number of aliphatic hydroxyl groups excluding tert-OH is 1. The number of carbonyl (C=O) groups is 1. The number of amides is 1. The molecule has 5 rings (SSSR count). The highest BCUT2D eigenvalue weighted by Crippen LogP contribution is 2.60. The molecule has 3 heterocycles. The van der Waals surface area contributed by atoms with Crippen LogP contribution in [0.5, 0.6) is 0 Å². The number of rotatable bonds is 8. The van der Waals surface area contributed by atoms with Crippen LogP contribution in [0.4, 0.5) is 9.80 Å². The molecule has 38 heavy (non-hydrogen) atoms. The molecule has 1 saturated heterocycles. The number of fused-ring (bicyclic) bond motifs is 2. The van der Waals surface area contributed by atoms with Gasteiger partial charge in [0.1, 0.15) is 0 Å². The third-order valence-electron chi connectivity index (χ3n) is 7.75. The number of anilines is 1. The monoisotopic (exact) mass is 760 g/mol. The largest absolute Gasteiger partial charge is 0.396 e. The van der Waals surface area contributed by atoms with Gasteiger partial charge in [0.25, 0.3) is 5.91 Å². The molecule has 0 radical (unpaired) electrons. The van der Waals surface area contributed by atoms with E-state index in [0.717, 1.165) is 24.0 Å². The molecule has 2 aromatic carbocycles. The van der Waals surface area contributed by atoms with E-state index in [9.17, 15) is 9.90 Å². The molecule has 0 aliphatic carbocycles. The first-order valence-corrected chi connectivity index (χ1v) is 17.9. The third kappa shape index (κ3) is 5.08. The molecule has 1 spiro atoms. The predicted octanol–water partition coefficient (Wildman–Crippen LogP) is 5.43. The lowest BCUT2D eigenvalue weighted by Gasteiger charge is -2.31. The zero-order valence-electron chi connectivity index (χ0n) is 21.6. The maximum atomic E-state index is 16.0. The number of aryl methyl sites for hydroxylation is 1. The lowest BCUT2D eigenvalue weighted by atomic mass is 9.82. The first-order chi connectivity index (χ1) is 18.0. The van der Waals surface area contributed by atoms with E-state index in [0.29, 0.717) is 31.6 Å². The maximum absolute atomic E-state index is 16.0. The Bertz CT molecular complexity index is 1350. The number of benzene rings is 2. The summed E-state index contributed by atoms with van der Waals surface area (Å²) in [5.41, 5.74) is 1.83. The van der Waals surface area contributed by atoms with Crippen molar-refractivity contribution in [2.75, 3.05) is 11.5 Å². The molecule has 7 nitrogen and oxygen atoms in total. The Kier molecular flexibility index (Phi) is 8.04. The first kappa shape index (κ1) is 28.1. The Hall–Kier alpha value is -1.42. The summed E-state index contributed by atoms with van der Waals surface area (Å²) in [6.07, 6.45) is 2.32. The van der Waals surface area contributed by atoms with Crippen molar-refractivity contribution in [3.8, 4) is 0 Å². The highest BCUT2D eigenvalue weighted by molar-refractivity contribution is 14.1. The summed E-state index contributed by atoms with van der Waals surface area (Å²) < 4.78 is 26.7. The topological polar surface area (TPSA) is 80.5 Å². The summed E-state index contributed by atoms with van der Waals surface area (Å²) in [6.45, 7) is 6.36. The summed E-state index contributed by atoms with van der Waals surface area (Å²) in [5, 5.41) is 17.4. The van der Waals surface area contributed by atoms with Crippen molar-refractivity contribution in [2.24, 2.45) is 5.92 Å². The normalized spacial score (nSPS) is 25.0. The van der Waals surface area contributed by atoms with Crippen molar-refractivity contribution < 1.29 is 18.7 Å². The second kappa shape index (κ2) is 10.9. The van der Waals surface area contributed by atoms with Gasteiger partial charge in [-0.25, -0.2) is 0 Å². The zero-order chi connectivity index (χ0) is 27.2. The lowest BCUT2D eigenvalue weighted by Crippen LogP contribution is -2.45. The Balaban J connectivity index is 1.51. The summed E-state index contributed by atoms with van der Waals surface area (Å²) in [7, 11) is -3.23. The van der Waals surface area contributed by atoms with Crippen LogP contribution in [0.2, 0.25) is 18.6 Å². The molecule has 0 bridgehead atoms. The van der Waals surface area contributed by atoms with Crippen LogP contribution < -0.4 is 4.90 Å². The standard InChI is InChI=1S/C27H31FI2N4O3Si/c1-17-25(38(2,3)28)24(9-11-33-16-21(10-12-35)31-32-33)37-27(17)22-14-20(30)7-8-23(22)34(26(27)36)15-18-5-4-6-19(29)13-18/h4-8,13-14,16-17,24-25,35H,9-12,15H2,1-3H3/t17-,24+,25-,27+/m1/s1. The predicted molar refractivity (Wildman–Crippen MR) is 163 cm³/mol. The third-order valence-corrected chi connectivity index (χ3v) is 11.5. The second-order valence-electron chi connectivity index (χ2n) is 10.7. The van der Waals surface area contributed by atoms with Gasteiger partial charge in [-0.1, -0.05) is 24.3 Å². The smallest absolute Gasteiger partial charge is 0.264 e. The molecule has 3 aromatic rings. The molecular weight excluding hydrogens is 729 g/mol. The van der Waals surface area contributed by atoms with Crippen molar-refractivity contribution in [2.45, 2.75) is 63.2 Å². The van der Waals surface area contributed by atoms with Gasteiger partial charge in [-0.3, -0.25) is 9.48 Å².